The number of carbonyl (C=O) groups is 2. The summed E-state index contributed by atoms with van der Waals surface area (Å²) in [6.45, 7) is 0.441. The Morgan fingerprint density at radius 1 is 1.17 bits per heavy atom. The molecule has 4 rings (SSSR count). The summed E-state index contributed by atoms with van der Waals surface area (Å²) in [6, 6.07) is 17.7. The number of benzene rings is 2. The molecule has 152 valence electrons. The van der Waals surface area contributed by atoms with Crippen LogP contribution in [0.5, 0.6) is 0 Å². The SMILES string of the molecule is CNC(=O)c1c(N(C)C=O)nc(Sc2nc3ccccc3s2)n1Cc1ccccc1. The van der Waals surface area contributed by atoms with Crippen molar-refractivity contribution in [2.75, 3.05) is 19.0 Å². The van der Waals surface area contributed by atoms with Gasteiger partial charge >= 0.3 is 0 Å². The van der Waals surface area contributed by atoms with E-state index < -0.39 is 0 Å². The Kier molecular flexibility index (Phi) is 5.82. The average Bonchev–Trinajstić information content (AvgIpc) is 3.34. The molecule has 4 aromatic rings. The first kappa shape index (κ1) is 20.1. The molecule has 0 fully saturated rings. The normalized spacial score (nSPS) is 10.9. The van der Waals surface area contributed by atoms with Crippen molar-refractivity contribution in [1.29, 1.82) is 0 Å². The molecule has 0 atom stereocenters. The van der Waals surface area contributed by atoms with Crippen LogP contribution in [0.25, 0.3) is 10.2 Å². The third kappa shape index (κ3) is 3.94. The van der Waals surface area contributed by atoms with Crippen LogP contribution in [0.4, 0.5) is 5.82 Å². The summed E-state index contributed by atoms with van der Waals surface area (Å²) < 4.78 is 3.73. The van der Waals surface area contributed by atoms with Crippen LogP contribution in [0.3, 0.4) is 0 Å². The molecule has 0 bridgehead atoms. The van der Waals surface area contributed by atoms with Crippen molar-refractivity contribution < 1.29 is 9.59 Å². The molecular weight excluding hydrogens is 418 g/mol. The Morgan fingerprint density at radius 2 is 1.90 bits per heavy atom. The van der Waals surface area contributed by atoms with E-state index in [0.717, 1.165) is 20.1 Å². The maximum atomic E-state index is 12.7. The molecule has 0 unspecified atom stereocenters. The second-order valence-electron chi connectivity index (χ2n) is 6.48. The molecule has 0 aliphatic heterocycles. The van der Waals surface area contributed by atoms with Gasteiger partial charge < -0.3 is 14.8 Å². The molecule has 2 aromatic carbocycles. The van der Waals surface area contributed by atoms with Gasteiger partial charge in [-0.1, -0.05) is 42.5 Å². The zero-order chi connectivity index (χ0) is 21.1. The molecule has 30 heavy (non-hydrogen) atoms. The zero-order valence-electron chi connectivity index (χ0n) is 16.4. The van der Waals surface area contributed by atoms with Crippen LogP contribution >= 0.6 is 23.1 Å². The van der Waals surface area contributed by atoms with Gasteiger partial charge in [0.1, 0.15) is 0 Å². The van der Waals surface area contributed by atoms with E-state index in [1.54, 1.807) is 25.4 Å². The average molecular weight is 438 g/mol. The first-order valence-electron chi connectivity index (χ1n) is 9.18. The summed E-state index contributed by atoms with van der Waals surface area (Å²) in [5, 5.41) is 3.26. The van der Waals surface area contributed by atoms with E-state index in [2.05, 4.69) is 15.3 Å². The van der Waals surface area contributed by atoms with Gasteiger partial charge in [-0.2, -0.15) is 0 Å². The van der Waals surface area contributed by atoms with Gasteiger partial charge in [0, 0.05) is 14.1 Å². The van der Waals surface area contributed by atoms with Gasteiger partial charge in [-0.15, -0.1) is 11.3 Å². The summed E-state index contributed by atoms with van der Waals surface area (Å²) in [4.78, 5) is 34.8. The number of carbonyl (C=O) groups excluding carboxylic acids is 2. The summed E-state index contributed by atoms with van der Waals surface area (Å²) in [5.74, 6) is 0.00201. The number of para-hydroxylation sites is 1. The summed E-state index contributed by atoms with van der Waals surface area (Å²) in [7, 11) is 3.15. The molecule has 7 nitrogen and oxygen atoms in total. The number of aromatic nitrogens is 3. The number of rotatable bonds is 7. The van der Waals surface area contributed by atoms with Gasteiger partial charge in [-0.25, -0.2) is 9.97 Å². The van der Waals surface area contributed by atoms with E-state index >= 15 is 0 Å². The molecule has 0 saturated carbocycles. The van der Waals surface area contributed by atoms with E-state index in [0.29, 0.717) is 29.6 Å². The van der Waals surface area contributed by atoms with Crippen LogP contribution in [0.1, 0.15) is 16.1 Å². The Labute approximate surface area is 181 Å². The van der Waals surface area contributed by atoms with Gasteiger partial charge in [0.25, 0.3) is 5.91 Å². The standard InChI is InChI=1S/C21H19N5O2S2/c1-22-19(28)17-18(25(2)13-27)24-20(26(17)12-14-8-4-3-5-9-14)30-21-23-15-10-6-7-11-16(15)29-21/h3-11,13H,12H2,1-2H3,(H,22,28). The summed E-state index contributed by atoms with van der Waals surface area (Å²) >= 11 is 2.95. The van der Waals surface area contributed by atoms with Crippen LogP contribution < -0.4 is 10.2 Å². The third-order valence-electron chi connectivity index (χ3n) is 4.48. The van der Waals surface area contributed by atoms with Crippen LogP contribution in [-0.2, 0) is 11.3 Å². The maximum absolute atomic E-state index is 12.7. The van der Waals surface area contributed by atoms with E-state index in [-0.39, 0.29) is 5.91 Å². The largest absolute Gasteiger partial charge is 0.354 e. The van der Waals surface area contributed by atoms with E-state index in [4.69, 9.17) is 0 Å². The quantitative estimate of drug-likeness (QED) is 0.447. The molecule has 0 saturated heterocycles. The van der Waals surface area contributed by atoms with Crippen molar-refractivity contribution in [1.82, 2.24) is 19.9 Å². The molecule has 2 aromatic heterocycles. The highest BCUT2D eigenvalue weighted by atomic mass is 32.2. The lowest BCUT2D eigenvalue weighted by Crippen LogP contribution is -2.26. The predicted molar refractivity (Wildman–Crippen MR) is 119 cm³/mol. The third-order valence-corrected chi connectivity index (χ3v) is 6.58. The van der Waals surface area contributed by atoms with Gasteiger partial charge in [0.2, 0.25) is 6.41 Å². The highest BCUT2D eigenvalue weighted by Gasteiger charge is 2.26. The van der Waals surface area contributed by atoms with Crippen LogP contribution in [0.2, 0.25) is 0 Å². The molecule has 2 amide bonds. The second-order valence-corrected chi connectivity index (χ2v) is 8.73. The fourth-order valence-corrected chi connectivity index (χ4v) is 5.08. The van der Waals surface area contributed by atoms with Crippen molar-refractivity contribution in [3.05, 3.63) is 65.9 Å². The van der Waals surface area contributed by atoms with Crippen molar-refractivity contribution in [3.8, 4) is 0 Å². The minimum absolute atomic E-state index is 0.307. The van der Waals surface area contributed by atoms with Crippen LogP contribution in [0.15, 0.2) is 64.1 Å². The van der Waals surface area contributed by atoms with Crippen molar-refractivity contribution in [3.63, 3.8) is 0 Å². The molecule has 0 aliphatic rings. The lowest BCUT2D eigenvalue weighted by molar-refractivity contribution is -0.107. The fourth-order valence-electron chi connectivity index (χ4n) is 3.02. The highest BCUT2D eigenvalue weighted by molar-refractivity contribution is 8.01. The smallest absolute Gasteiger partial charge is 0.271 e. The minimum Gasteiger partial charge on any atom is -0.354 e. The maximum Gasteiger partial charge on any atom is 0.271 e. The van der Waals surface area contributed by atoms with E-state index in [1.807, 2.05) is 59.2 Å². The first-order chi connectivity index (χ1) is 14.6. The van der Waals surface area contributed by atoms with Gasteiger partial charge in [-0.3, -0.25) is 9.59 Å². The number of nitrogens with zero attached hydrogens (tertiary/aromatic N) is 4. The summed E-state index contributed by atoms with van der Waals surface area (Å²) in [6.07, 6.45) is 0.647. The van der Waals surface area contributed by atoms with Crippen molar-refractivity contribution in [2.24, 2.45) is 0 Å². The number of hydrogen-bond acceptors (Lipinski definition) is 6. The fraction of sp³-hybridized carbons (Fsp3) is 0.143. The molecule has 0 spiro atoms. The van der Waals surface area contributed by atoms with E-state index in [1.165, 1.54) is 16.7 Å². The van der Waals surface area contributed by atoms with Gasteiger partial charge in [0.15, 0.2) is 21.0 Å². The van der Waals surface area contributed by atoms with E-state index in [9.17, 15) is 9.59 Å². The lowest BCUT2D eigenvalue weighted by atomic mass is 10.2. The number of amides is 2. The van der Waals surface area contributed by atoms with Gasteiger partial charge in [0.05, 0.1) is 16.8 Å². The van der Waals surface area contributed by atoms with Crippen LogP contribution in [-0.4, -0.2) is 40.9 Å². The van der Waals surface area contributed by atoms with Crippen molar-refractivity contribution in [2.45, 2.75) is 16.0 Å². The Morgan fingerprint density at radius 3 is 2.60 bits per heavy atom. The van der Waals surface area contributed by atoms with Crippen LogP contribution in [0, 0.1) is 0 Å². The monoisotopic (exact) mass is 437 g/mol. The Balaban J connectivity index is 1.83. The number of hydrogen-bond donors (Lipinski definition) is 1. The minimum atomic E-state index is -0.307. The van der Waals surface area contributed by atoms with Crippen molar-refractivity contribution >= 4 is 51.5 Å². The molecule has 1 N–H and O–H groups in total. The summed E-state index contributed by atoms with van der Waals surface area (Å²) in [5.41, 5.74) is 2.27. The number of anilines is 1. The Bertz CT molecular complexity index is 1170. The zero-order valence-corrected chi connectivity index (χ0v) is 18.0. The molecular formula is C21H19N5O2S2. The molecule has 0 radical (unpaired) electrons. The predicted octanol–water partition coefficient (Wildman–Crippen LogP) is 3.64. The lowest BCUT2D eigenvalue weighted by Gasteiger charge is -2.13. The number of fused-ring (bicyclic) bond motifs is 1. The number of thiazole rings is 1. The second kappa shape index (κ2) is 8.68. The number of nitrogens with one attached hydrogen (secondary N) is 1. The first-order valence-corrected chi connectivity index (χ1v) is 10.8. The molecule has 9 heteroatoms. The Hall–Kier alpha value is -3.17. The highest BCUT2D eigenvalue weighted by Crippen LogP contribution is 2.36. The molecule has 2 heterocycles. The van der Waals surface area contributed by atoms with Gasteiger partial charge in [-0.05, 0) is 29.5 Å². The topological polar surface area (TPSA) is 80.1 Å². The number of imidazole rings is 1. The molecule has 0 aliphatic carbocycles.